The van der Waals surface area contributed by atoms with Crippen LogP contribution in [0.25, 0.3) is 11.0 Å². The Hall–Kier alpha value is -1.30. The summed E-state index contributed by atoms with van der Waals surface area (Å²) in [5, 5.41) is 0. The Kier molecular flexibility index (Phi) is 1.99. The third kappa shape index (κ3) is 1.36. The topological polar surface area (TPSA) is 20.7 Å². The van der Waals surface area contributed by atoms with Crippen molar-refractivity contribution in [1.29, 1.82) is 0 Å². The van der Waals surface area contributed by atoms with Crippen molar-refractivity contribution < 1.29 is 13.2 Å². The number of fused-ring (bicyclic) bond motifs is 1. The van der Waals surface area contributed by atoms with Gasteiger partial charge in [0.2, 0.25) is 0 Å². The van der Waals surface area contributed by atoms with Gasteiger partial charge < -0.3 is 9.55 Å². The summed E-state index contributed by atoms with van der Waals surface area (Å²) in [6.07, 6.45) is -4.05. The van der Waals surface area contributed by atoms with Crippen LogP contribution in [0.15, 0.2) is 24.3 Å². The van der Waals surface area contributed by atoms with Crippen molar-refractivity contribution in [2.75, 3.05) is 0 Å². The maximum Gasteiger partial charge on any atom is 0.412 e. The fourth-order valence-electron chi connectivity index (χ4n) is 2.23. The number of halogens is 3. The molecule has 1 heterocycles. The van der Waals surface area contributed by atoms with E-state index in [-0.39, 0.29) is 17.6 Å². The van der Waals surface area contributed by atoms with Crippen LogP contribution in [0.4, 0.5) is 13.2 Å². The molecule has 1 saturated carbocycles. The Morgan fingerprint density at radius 1 is 1.24 bits per heavy atom. The number of nitrogens with one attached hydrogen (secondary N) is 1. The molecule has 0 unspecified atom stereocenters. The van der Waals surface area contributed by atoms with E-state index in [1.807, 2.05) is 0 Å². The molecule has 1 aromatic carbocycles. The molecule has 1 fully saturated rings. The molecule has 0 saturated heterocycles. The first-order valence-electron chi connectivity index (χ1n) is 5.23. The van der Waals surface area contributed by atoms with Gasteiger partial charge in [-0.1, -0.05) is 12.1 Å². The molecule has 0 bridgehead atoms. The Bertz CT molecular complexity index is 634. The van der Waals surface area contributed by atoms with Crippen molar-refractivity contribution >= 4 is 23.3 Å². The normalized spacial score (nSPS) is 18.5. The van der Waals surface area contributed by atoms with Crippen molar-refractivity contribution in [3.63, 3.8) is 0 Å². The maximum atomic E-state index is 13.1. The highest BCUT2D eigenvalue weighted by Crippen LogP contribution is 2.56. The molecule has 1 N–H and O–H groups in total. The van der Waals surface area contributed by atoms with Crippen LogP contribution in [-0.2, 0) is 5.54 Å². The molecule has 1 aliphatic carbocycles. The monoisotopic (exact) mass is 258 g/mol. The molecule has 0 aliphatic heterocycles. The number of rotatable bonds is 1. The Morgan fingerprint density at radius 3 is 2.47 bits per heavy atom. The molecule has 2 aromatic rings. The van der Waals surface area contributed by atoms with Gasteiger partial charge in [0.15, 0.2) is 4.77 Å². The Balaban J connectivity index is 2.32. The first kappa shape index (κ1) is 10.8. The quantitative estimate of drug-likeness (QED) is 0.772. The molecule has 1 aromatic heterocycles. The van der Waals surface area contributed by atoms with Gasteiger partial charge in [0, 0.05) is 0 Å². The number of H-pyrrole nitrogens is 1. The SMILES string of the molecule is FC(F)(F)C1(n2c(=S)[nH]c3ccccc32)CC1. The maximum absolute atomic E-state index is 13.1. The lowest BCUT2D eigenvalue weighted by Crippen LogP contribution is -2.34. The fraction of sp³-hybridized carbons (Fsp3) is 0.364. The number of para-hydroxylation sites is 2. The first-order valence-corrected chi connectivity index (χ1v) is 5.63. The third-order valence-electron chi connectivity index (χ3n) is 3.27. The summed E-state index contributed by atoms with van der Waals surface area (Å²) >= 11 is 5.02. The van der Waals surface area contributed by atoms with Crippen molar-refractivity contribution in [2.24, 2.45) is 0 Å². The highest BCUT2D eigenvalue weighted by atomic mass is 32.1. The summed E-state index contributed by atoms with van der Waals surface area (Å²) in [5.41, 5.74) is -0.621. The summed E-state index contributed by atoms with van der Waals surface area (Å²) in [5.74, 6) is 0. The van der Waals surface area contributed by atoms with Crippen LogP contribution in [-0.4, -0.2) is 15.7 Å². The first-order chi connectivity index (χ1) is 7.96. The number of hydrogen-bond acceptors (Lipinski definition) is 1. The highest BCUT2D eigenvalue weighted by molar-refractivity contribution is 7.71. The molecular formula is C11H9F3N2S. The van der Waals surface area contributed by atoms with Gasteiger partial charge in [-0.15, -0.1) is 0 Å². The minimum absolute atomic E-state index is 0.104. The van der Waals surface area contributed by atoms with E-state index in [1.165, 1.54) is 4.57 Å². The zero-order valence-electron chi connectivity index (χ0n) is 8.71. The number of hydrogen-bond donors (Lipinski definition) is 1. The van der Waals surface area contributed by atoms with Crippen LogP contribution in [0.2, 0.25) is 0 Å². The average molecular weight is 258 g/mol. The average Bonchev–Trinajstić information content (AvgIpc) is 2.96. The summed E-state index contributed by atoms with van der Waals surface area (Å²) in [7, 11) is 0. The lowest BCUT2D eigenvalue weighted by atomic mass is 10.2. The van der Waals surface area contributed by atoms with E-state index in [2.05, 4.69) is 4.98 Å². The fourth-order valence-corrected chi connectivity index (χ4v) is 2.62. The summed E-state index contributed by atoms with van der Waals surface area (Å²) in [4.78, 5) is 2.82. The van der Waals surface area contributed by atoms with Crippen LogP contribution < -0.4 is 0 Å². The second-order valence-electron chi connectivity index (χ2n) is 4.31. The van der Waals surface area contributed by atoms with Crippen LogP contribution in [0.5, 0.6) is 0 Å². The van der Waals surface area contributed by atoms with Crippen molar-refractivity contribution in [3.8, 4) is 0 Å². The van der Waals surface area contributed by atoms with Gasteiger partial charge in [-0.2, -0.15) is 13.2 Å². The highest BCUT2D eigenvalue weighted by Gasteiger charge is 2.65. The second-order valence-corrected chi connectivity index (χ2v) is 4.70. The Morgan fingerprint density at radius 2 is 1.88 bits per heavy atom. The number of imidazole rings is 1. The number of aromatic nitrogens is 2. The van der Waals surface area contributed by atoms with Gasteiger partial charge in [0.05, 0.1) is 11.0 Å². The zero-order chi connectivity index (χ0) is 12.3. The number of alkyl halides is 3. The van der Waals surface area contributed by atoms with E-state index >= 15 is 0 Å². The summed E-state index contributed by atoms with van der Waals surface area (Å²) in [6, 6.07) is 6.88. The summed E-state index contributed by atoms with van der Waals surface area (Å²) < 4.78 is 40.6. The van der Waals surface area contributed by atoms with Gasteiger partial charge in [-0.3, -0.25) is 0 Å². The van der Waals surface area contributed by atoms with Crippen molar-refractivity contribution in [2.45, 2.75) is 24.6 Å². The lowest BCUT2D eigenvalue weighted by Gasteiger charge is -2.21. The molecule has 0 amide bonds. The van der Waals surface area contributed by atoms with E-state index in [4.69, 9.17) is 12.2 Å². The molecule has 1 aliphatic rings. The minimum Gasteiger partial charge on any atom is -0.331 e. The van der Waals surface area contributed by atoms with Crippen LogP contribution in [0.1, 0.15) is 12.8 Å². The van der Waals surface area contributed by atoms with Gasteiger partial charge in [-0.25, -0.2) is 0 Å². The molecule has 0 spiro atoms. The summed E-state index contributed by atoms with van der Waals surface area (Å²) in [6.45, 7) is 0. The predicted molar refractivity (Wildman–Crippen MR) is 60.4 cm³/mol. The van der Waals surface area contributed by atoms with E-state index in [1.54, 1.807) is 24.3 Å². The van der Waals surface area contributed by atoms with Crippen LogP contribution >= 0.6 is 12.2 Å². The van der Waals surface area contributed by atoms with Gasteiger partial charge in [0.25, 0.3) is 0 Å². The van der Waals surface area contributed by atoms with Crippen molar-refractivity contribution in [3.05, 3.63) is 29.0 Å². The van der Waals surface area contributed by atoms with Crippen LogP contribution in [0, 0.1) is 4.77 Å². The zero-order valence-corrected chi connectivity index (χ0v) is 9.53. The standard InChI is InChI=1S/C11H9F3N2S/c12-11(13,14)10(5-6-10)16-8-4-2-1-3-7(8)15-9(16)17/h1-4H,5-6H2,(H,15,17). The minimum atomic E-state index is -4.25. The smallest absolute Gasteiger partial charge is 0.331 e. The molecule has 2 nitrogen and oxygen atoms in total. The number of benzene rings is 1. The molecule has 90 valence electrons. The largest absolute Gasteiger partial charge is 0.412 e. The Labute approximate surface area is 100 Å². The van der Waals surface area contributed by atoms with Crippen molar-refractivity contribution in [1.82, 2.24) is 9.55 Å². The van der Waals surface area contributed by atoms with Crippen LogP contribution in [0.3, 0.4) is 0 Å². The second kappa shape index (κ2) is 3.13. The number of nitrogens with zero attached hydrogens (tertiary/aromatic N) is 1. The van der Waals surface area contributed by atoms with E-state index in [0.29, 0.717) is 11.0 Å². The molecule has 6 heteroatoms. The molecule has 0 atom stereocenters. The van der Waals surface area contributed by atoms with E-state index in [0.717, 1.165) is 0 Å². The third-order valence-corrected chi connectivity index (χ3v) is 3.55. The lowest BCUT2D eigenvalue weighted by molar-refractivity contribution is -0.179. The molecule has 0 radical (unpaired) electrons. The predicted octanol–water partition coefficient (Wildman–Crippen LogP) is 3.75. The molecular weight excluding hydrogens is 249 g/mol. The van der Waals surface area contributed by atoms with Gasteiger partial charge in [0.1, 0.15) is 5.54 Å². The molecule has 3 rings (SSSR count). The molecule has 17 heavy (non-hydrogen) atoms. The number of aromatic amines is 1. The van der Waals surface area contributed by atoms with E-state index in [9.17, 15) is 13.2 Å². The van der Waals surface area contributed by atoms with Gasteiger partial charge in [-0.05, 0) is 37.2 Å². The van der Waals surface area contributed by atoms with E-state index < -0.39 is 11.7 Å². The van der Waals surface area contributed by atoms with Gasteiger partial charge >= 0.3 is 6.18 Å².